The van der Waals surface area contributed by atoms with E-state index in [1.54, 1.807) is 42.5 Å². The minimum Gasteiger partial charge on any atom is -0.508 e. The number of ether oxygens (including phenoxy) is 3. The van der Waals surface area contributed by atoms with Gasteiger partial charge in [0.1, 0.15) is 12.4 Å². The number of rotatable bonds is 34. The monoisotopic (exact) mass is 1110 g/mol. The van der Waals surface area contributed by atoms with Crippen LogP contribution in [0.1, 0.15) is 76.0 Å². The lowest BCUT2D eigenvalue weighted by molar-refractivity contribution is -0.144. The molecule has 0 aliphatic carbocycles. The van der Waals surface area contributed by atoms with Crippen molar-refractivity contribution in [2.24, 2.45) is 17.6 Å². The largest absolute Gasteiger partial charge is 0.508 e. The second-order valence-corrected chi connectivity index (χ2v) is 25.2. The molecule has 5 rings (SSSR count). The number of Topliss-reactive ketones (excluding diaryl/α,β-unsaturated/α-hetero) is 3. The van der Waals surface area contributed by atoms with Crippen molar-refractivity contribution in [2.45, 2.75) is 102 Å². The summed E-state index contributed by atoms with van der Waals surface area (Å²) in [7, 11) is -2.54. The number of hydrogen-bond donors (Lipinski definition) is 6. The average molecular weight is 1110 g/mol. The Balaban J connectivity index is 1.13. The summed E-state index contributed by atoms with van der Waals surface area (Å²) in [6.45, 7) is 8.12. The van der Waals surface area contributed by atoms with Crippen LogP contribution in [0.15, 0.2) is 146 Å². The number of carboxylic acid groups (broad SMARTS) is 2. The van der Waals surface area contributed by atoms with Crippen molar-refractivity contribution in [1.82, 2.24) is 10.6 Å². The van der Waals surface area contributed by atoms with E-state index in [0.717, 1.165) is 5.56 Å². The topological polar surface area (TPSA) is 258 Å². The minimum atomic E-state index is -2.54. The highest BCUT2D eigenvalue weighted by atomic mass is 28.3. The molecular formula is C63H75N3O13Si. The SMILES string of the molecule is CC(C)(C)[Si](C#CCOCCOCCOCCCC(=O)[C@H](CC(=O)O)NC(=O)[C@H](CC(=O)O)CC(=O)[C@H](Cc1ccccc1)NC(=O)[C@@H](CC(=O)[C@@H](N)Cc1ccccc1)Cc1ccc(O)cc1)(c1ccccc1)c1ccccc1. The van der Waals surface area contributed by atoms with Crippen LogP contribution in [0.25, 0.3) is 0 Å². The van der Waals surface area contributed by atoms with E-state index in [1.807, 2.05) is 42.5 Å². The van der Waals surface area contributed by atoms with Gasteiger partial charge >= 0.3 is 11.9 Å². The summed E-state index contributed by atoms with van der Waals surface area (Å²) < 4.78 is 17.1. The first-order valence-corrected chi connectivity index (χ1v) is 28.9. The molecule has 17 heteroatoms. The molecule has 0 unspecified atom stereocenters. The lowest BCUT2D eigenvalue weighted by atomic mass is 9.88. The van der Waals surface area contributed by atoms with Crippen LogP contribution in [0, 0.1) is 23.3 Å². The van der Waals surface area contributed by atoms with Gasteiger partial charge in [-0.2, -0.15) is 0 Å². The van der Waals surface area contributed by atoms with Gasteiger partial charge in [-0.1, -0.05) is 160 Å². The Morgan fingerprint density at radius 1 is 0.525 bits per heavy atom. The summed E-state index contributed by atoms with van der Waals surface area (Å²) in [6, 6.07) is 41.0. The number of phenolic OH excluding ortho intramolecular Hbond substituents is 1. The van der Waals surface area contributed by atoms with Gasteiger partial charge in [0.15, 0.2) is 17.3 Å². The Morgan fingerprint density at radius 3 is 1.52 bits per heavy atom. The molecule has 7 N–H and O–H groups in total. The van der Waals surface area contributed by atoms with Gasteiger partial charge in [-0.15, -0.1) is 5.54 Å². The van der Waals surface area contributed by atoms with Gasteiger partial charge in [0, 0.05) is 31.8 Å². The van der Waals surface area contributed by atoms with Crippen molar-refractivity contribution in [3.63, 3.8) is 0 Å². The number of carbonyl (C=O) groups excluding carboxylic acids is 5. The molecule has 5 aromatic carbocycles. The fourth-order valence-electron chi connectivity index (χ4n) is 9.49. The molecule has 2 amide bonds. The van der Waals surface area contributed by atoms with Crippen molar-refractivity contribution in [2.75, 3.05) is 39.6 Å². The van der Waals surface area contributed by atoms with Crippen molar-refractivity contribution < 1.29 is 63.1 Å². The van der Waals surface area contributed by atoms with Crippen LogP contribution in [0.3, 0.4) is 0 Å². The van der Waals surface area contributed by atoms with E-state index in [0.29, 0.717) is 24.3 Å². The summed E-state index contributed by atoms with van der Waals surface area (Å²) in [5, 5.41) is 37.0. The fourth-order valence-corrected chi connectivity index (χ4v) is 13.9. The van der Waals surface area contributed by atoms with Crippen LogP contribution in [0.2, 0.25) is 5.04 Å². The van der Waals surface area contributed by atoms with Crippen molar-refractivity contribution in [1.29, 1.82) is 0 Å². The first-order chi connectivity index (χ1) is 38.4. The van der Waals surface area contributed by atoms with Crippen LogP contribution in [0.4, 0.5) is 0 Å². The normalized spacial score (nSPS) is 13.3. The number of carbonyl (C=O) groups is 7. The molecule has 16 nitrogen and oxygen atoms in total. The lowest BCUT2D eigenvalue weighted by Crippen LogP contribution is -2.63. The molecule has 0 heterocycles. The van der Waals surface area contributed by atoms with Crippen molar-refractivity contribution >= 4 is 59.6 Å². The van der Waals surface area contributed by atoms with Crippen LogP contribution >= 0.6 is 0 Å². The van der Waals surface area contributed by atoms with Gasteiger partial charge in [0.2, 0.25) is 19.9 Å². The third kappa shape index (κ3) is 20.6. The lowest BCUT2D eigenvalue weighted by Gasteiger charge is -2.39. The number of benzene rings is 5. The van der Waals surface area contributed by atoms with Gasteiger partial charge in [-0.25, -0.2) is 0 Å². The number of nitrogens with one attached hydrogen (secondary N) is 2. The molecule has 0 fully saturated rings. The Kier molecular flexibility index (Phi) is 25.7. The summed E-state index contributed by atoms with van der Waals surface area (Å²) >= 11 is 0. The summed E-state index contributed by atoms with van der Waals surface area (Å²) in [5.41, 5.74) is 12.1. The maximum Gasteiger partial charge on any atom is 0.305 e. The second kappa shape index (κ2) is 32.5. The van der Waals surface area contributed by atoms with Gasteiger partial charge in [0.25, 0.3) is 0 Å². The highest BCUT2D eigenvalue weighted by Gasteiger charge is 2.47. The number of nitrogens with two attached hydrogens (primary N) is 1. The van der Waals surface area contributed by atoms with E-state index in [9.17, 15) is 48.9 Å². The van der Waals surface area contributed by atoms with Gasteiger partial charge < -0.3 is 45.9 Å². The zero-order chi connectivity index (χ0) is 57.9. The van der Waals surface area contributed by atoms with E-state index in [1.165, 1.54) is 22.5 Å². The van der Waals surface area contributed by atoms with Gasteiger partial charge in [-0.05, 0) is 69.9 Å². The van der Waals surface area contributed by atoms with Crippen LogP contribution < -0.4 is 26.7 Å². The maximum absolute atomic E-state index is 14.3. The first-order valence-electron chi connectivity index (χ1n) is 26.9. The smallest absolute Gasteiger partial charge is 0.305 e. The number of ketones is 3. The van der Waals surface area contributed by atoms with Crippen LogP contribution in [0.5, 0.6) is 5.75 Å². The Labute approximate surface area is 469 Å². The molecule has 5 aromatic rings. The summed E-state index contributed by atoms with van der Waals surface area (Å²) in [5.74, 6) is -5.60. The van der Waals surface area contributed by atoms with Gasteiger partial charge in [-0.3, -0.25) is 33.6 Å². The molecule has 0 aromatic heterocycles. The highest BCUT2D eigenvalue weighted by Crippen LogP contribution is 2.35. The quantitative estimate of drug-likeness (QED) is 0.0161. The Morgan fingerprint density at radius 2 is 0.988 bits per heavy atom. The molecule has 80 heavy (non-hydrogen) atoms. The number of hydrogen-bond acceptors (Lipinski definition) is 12. The molecule has 0 aliphatic rings. The number of aliphatic carboxylic acids is 2. The van der Waals surface area contributed by atoms with E-state index >= 15 is 0 Å². The molecule has 0 radical (unpaired) electrons. The molecular weight excluding hydrogens is 1030 g/mol. The molecule has 0 bridgehead atoms. The van der Waals surface area contributed by atoms with Crippen molar-refractivity contribution in [3.05, 3.63) is 162 Å². The number of aromatic hydroxyl groups is 1. The minimum absolute atomic E-state index is 0.00490. The second-order valence-electron chi connectivity index (χ2n) is 20.8. The van der Waals surface area contributed by atoms with Crippen LogP contribution in [-0.4, -0.2) is 122 Å². The fraction of sp³-hybridized carbons (Fsp3) is 0.381. The summed E-state index contributed by atoms with van der Waals surface area (Å²) in [6.07, 6.45) is -2.47. The predicted molar refractivity (Wildman–Crippen MR) is 307 cm³/mol. The summed E-state index contributed by atoms with van der Waals surface area (Å²) in [4.78, 5) is 93.6. The number of phenols is 1. The van der Waals surface area contributed by atoms with E-state index in [-0.39, 0.29) is 75.7 Å². The zero-order valence-corrected chi connectivity index (χ0v) is 46.9. The number of amides is 2. The number of carboxylic acids is 2. The van der Waals surface area contributed by atoms with Crippen molar-refractivity contribution in [3.8, 4) is 17.2 Å². The van der Waals surface area contributed by atoms with E-state index in [2.05, 4.69) is 91.4 Å². The standard InChI is InChI=1S/C63H75N3O13Si/c1-63(2,3)80(51-22-12-6-13-23-51,52-24-14-7-15-25-52)37-17-32-78-34-36-79-35-33-77-31-16-26-56(68)55(44-60(73)74)66-62(76)49(43-59(71)72)42-58(70)54(40-46-20-10-5-11-21-46)65-61(75)48(38-47-27-29-50(67)30-28-47)41-57(69)53(64)39-45-18-8-4-9-19-45/h4-15,18-25,27-30,48-49,53-55,67H,16,26,31-36,38-44,64H2,1-3H3,(H,65,75)(H,66,76)(H,71,72)(H,73,74)/t48-,49+,53+,54+,55+/m1/s1. The third-order valence-electron chi connectivity index (χ3n) is 13.7. The first kappa shape index (κ1) is 63.2. The van der Waals surface area contributed by atoms with E-state index in [4.69, 9.17) is 19.9 Å². The van der Waals surface area contributed by atoms with Crippen LogP contribution in [-0.2, 0) is 67.0 Å². The van der Waals surface area contributed by atoms with Gasteiger partial charge in [0.05, 0.1) is 63.3 Å². The molecule has 0 saturated carbocycles. The average Bonchev–Trinajstić information content (AvgIpc) is 3.48. The molecule has 5 atom stereocenters. The third-order valence-corrected chi connectivity index (χ3v) is 18.9. The Bertz CT molecular complexity index is 2800. The Hall–Kier alpha value is -7.59. The zero-order valence-electron chi connectivity index (χ0n) is 45.9. The molecule has 0 spiro atoms. The maximum atomic E-state index is 14.3. The predicted octanol–water partition coefficient (Wildman–Crippen LogP) is 5.82. The molecule has 0 aliphatic heterocycles. The van der Waals surface area contributed by atoms with E-state index < -0.39 is 98.4 Å². The molecule has 0 saturated heterocycles. The molecule has 424 valence electrons. The highest BCUT2D eigenvalue weighted by molar-refractivity contribution is 7.10.